The van der Waals surface area contributed by atoms with E-state index in [2.05, 4.69) is 10.2 Å². The average molecular weight is 275 g/mol. The molecular formula is C15H21N3O2. The van der Waals surface area contributed by atoms with Crippen molar-refractivity contribution in [3.63, 3.8) is 0 Å². The van der Waals surface area contributed by atoms with Gasteiger partial charge in [0.1, 0.15) is 0 Å². The lowest BCUT2D eigenvalue weighted by molar-refractivity contribution is 0.0698. The SMILES string of the molecule is Nc1cccc(C(=O)O)c1NC1CCN2CCCCC12. The summed E-state index contributed by atoms with van der Waals surface area (Å²) < 4.78 is 0. The number of para-hydroxylation sites is 1. The van der Waals surface area contributed by atoms with Crippen LogP contribution >= 0.6 is 0 Å². The van der Waals surface area contributed by atoms with E-state index < -0.39 is 5.97 Å². The van der Waals surface area contributed by atoms with Crippen LogP contribution in [0.2, 0.25) is 0 Å². The second kappa shape index (κ2) is 5.32. The van der Waals surface area contributed by atoms with Crippen molar-refractivity contribution in [1.82, 2.24) is 4.90 Å². The molecule has 20 heavy (non-hydrogen) atoms. The zero-order valence-electron chi connectivity index (χ0n) is 11.5. The highest BCUT2D eigenvalue weighted by atomic mass is 16.4. The summed E-state index contributed by atoms with van der Waals surface area (Å²) in [6.45, 7) is 2.26. The monoisotopic (exact) mass is 275 g/mol. The van der Waals surface area contributed by atoms with Crippen molar-refractivity contribution < 1.29 is 9.90 Å². The van der Waals surface area contributed by atoms with Crippen LogP contribution < -0.4 is 11.1 Å². The molecule has 2 aliphatic rings. The maximum atomic E-state index is 11.3. The number of nitrogen functional groups attached to an aromatic ring is 1. The van der Waals surface area contributed by atoms with Crippen molar-refractivity contribution in [1.29, 1.82) is 0 Å². The number of hydrogen-bond acceptors (Lipinski definition) is 4. The standard InChI is InChI=1S/C15H21N3O2/c16-11-5-3-4-10(15(19)20)14(11)17-12-7-9-18-8-2-1-6-13(12)18/h3-5,12-13,17H,1-2,6-9,16H2,(H,19,20). The van der Waals surface area contributed by atoms with Crippen LogP contribution in [-0.2, 0) is 0 Å². The van der Waals surface area contributed by atoms with Crippen molar-refractivity contribution in [3.05, 3.63) is 23.8 Å². The first kappa shape index (κ1) is 13.2. The van der Waals surface area contributed by atoms with Gasteiger partial charge in [0.25, 0.3) is 0 Å². The predicted molar refractivity (Wildman–Crippen MR) is 79.1 cm³/mol. The molecule has 2 saturated heterocycles. The molecule has 1 aromatic carbocycles. The third kappa shape index (κ3) is 2.33. The third-order valence-corrected chi connectivity index (χ3v) is 4.51. The quantitative estimate of drug-likeness (QED) is 0.735. The minimum Gasteiger partial charge on any atom is -0.478 e. The highest BCUT2D eigenvalue weighted by molar-refractivity contribution is 5.97. The number of carbonyl (C=O) groups is 1. The molecule has 0 aliphatic carbocycles. The van der Waals surface area contributed by atoms with E-state index in [0.29, 0.717) is 23.5 Å². The fraction of sp³-hybridized carbons (Fsp3) is 0.533. The topological polar surface area (TPSA) is 78.6 Å². The fourth-order valence-electron chi connectivity index (χ4n) is 3.51. The Morgan fingerprint density at radius 2 is 2.15 bits per heavy atom. The number of nitrogens with one attached hydrogen (secondary N) is 1. The Hall–Kier alpha value is -1.75. The highest BCUT2D eigenvalue weighted by Crippen LogP contribution is 2.32. The first-order valence-electron chi connectivity index (χ1n) is 7.29. The number of hydrogen-bond donors (Lipinski definition) is 3. The molecule has 0 radical (unpaired) electrons. The molecule has 2 fully saturated rings. The molecule has 2 aliphatic heterocycles. The van der Waals surface area contributed by atoms with E-state index in [-0.39, 0.29) is 5.56 Å². The van der Waals surface area contributed by atoms with Crippen molar-refractivity contribution in [2.24, 2.45) is 0 Å². The second-order valence-corrected chi connectivity index (χ2v) is 5.71. The van der Waals surface area contributed by atoms with Gasteiger partial charge >= 0.3 is 5.97 Å². The van der Waals surface area contributed by atoms with E-state index in [1.165, 1.54) is 25.8 Å². The van der Waals surface area contributed by atoms with E-state index in [0.717, 1.165) is 13.0 Å². The largest absolute Gasteiger partial charge is 0.478 e. The second-order valence-electron chi connectivity index (χ2n) is 5.71. The van der Waals surface area contributed by atoms with Crippen LogP contribution in [0.1, 0.15) is 36.0 Å². The lowest BCUT2D eigenvalue weighted by atomic mass is 9.98. The zero-order chi connectivity index (χ0) is 14.1. The summed E-state index contributed by atoms with van der Waals surface area (Å²) in [5.41, 5.74) is 7.32. The summed E-state index contributed by atoms with van der Waals surface area (Å²) in [5, 5.41) is 12.7. The van der Waals surface area contributed by atoms with Gasteiger partial charge in [0.15, 0.2) is 0 Å². The van der Waals surface area contributed by atoms with Gasteiger partial charge in [-0.2, -0.15) is 0 Å². The summed E-state index contributed by atoms with van der Waals surface area (Å²) in [6.07, 6.45) is 4.78. The smallest absolute Gasteiger partial charge is 0.337 e. The maximum Gasteiger partial charge on any atom is 0.337 e. The molecule has 2 atom stereocenters. The van der Waals surface area contributed by atoms with Crippen LogP contribution in [0.25, 0.3) is 0 Å². The van der Waals surface area contributed by atoms with Gasteiger partial charge in [-0.1, -0.05) is 12.5 Å². The van der Waals surface area contributed by atoms with Crippen LogP contribution in [0.4, 0.5) is 11.4 Å². The molecule has 0 amide bonds. The van der Waals surface area contributed by atoms with Gasteiger partial charge in [0, 0.05) is 18.6 Å². The van der Waals surface area contributed by atoms with Gasteiger partial charge < -0.3 is 16.2 Å². The first-order chi connectivity index (χ1) is 9.66. The van der Waals surface area contributed by atoms with Gasteiger partial charge in [-0.15, -0.1) is 0 Å². The summed E-state index contributed by atoms with van der Waals surface area (Å²) >= 11 is 0. The van der Waals surface area contributed by atoms with Crippen molar-refractivity contribution >= 4 is 17.3 Å². The van der Waals surface area contributed by atoms with Crippen LogP contribution in [-0.4, -0.2) is 41.1 Å². The molecule has 1 aromatic rings. The van der Waals surface area contributed by atoms with E-state index in [1.807, 2.05) is 0 Å². The van der Waals surface area contributed by atoms with Crippen LogP contribution in [0, 0.1) is 0 Å². The van der Waals surface area contributed by atoms with E-state index >= 15 is 0 Å². The van der Waals surface area contributed by atoms with E-state index in [1.54, 1.807) is 18.2 Å². The van der Waals surface area contributed by atoms with Gasteiger partial charge in [-0.05, 0) is 37.9 Å². The molecule has 2 heterocycles. The van der Waals surface area contributed by atoms with Gasteiger partial charge in [0.2, 0.25) is 0 Å². The minimum atomic E-state index is -0.932. The Bertz CT molecular complexity index is 518. The molecule has 108 valence electrons. The van der Waals surface area contributed by atoms with Crippen LogP contribution in [0.15, 0.2) is 18.2 Å². The maximum absolute atomic E-state index is 11.3. The molecule has 5 nitrogen and oxygen atoms in total. The average Bonchev–Trinajstić information content (AvgIpc) is 2.84. The molecule has 5 heteroatoms. The molecule has 3 rings (SSSR count). The highest BCUT2D eigenvalue weighted by Gasteiger charge is 2.36. The van der Waals surface area contributed by atoms with Crippen LogP contribution in [0.5, 0.6) is 0 Å². The number of carboxylic acids is 1. The van der Waals surface area contributed by atoms with E-state index in [4.69, 9.17) is 5.73 Å². The summed E-state index contributed by atoms with van der Waals surface area (Å²) in [4.78, 5) is 13.8. The van der Waals surface area contributed by atoms with Gasteiger partial charge in [0.05, 0.1) is 16.9 Å². The van der Waals surface area contributed by atoms with Crippen LogP contribution in [0.3, 0.4) is 0 Å². The lowest BCUT2D eigenvalue weighted by Gasteiger charge is -2.33. The Kier molecular flexibility index (Phi) is 3.53. The number of benzene rings is 1. The van der Waals surface area contributed by atoms with Crippen molar-refractivity contribution in [2.45, 2.75) is 37.8 Å². The van der Waals surface area contributed by atoms with Gasteiger partial charge in [-0.3, -0.25) is 4.90 Å². The molecule has 2 unspecified atom stereocenters. The van der Waals surface area contributed by atoms with Crippen molar-refractivity contribution in [2.75, 3.05) is 24.1 Å². The number of carboxylic acid groups (broad SMARTS) is 1. The summed E-state index contributed by atoms with van der Waals surface area (Å²) in [6, 6.07) is 5.87. The van der Waals surface area contributed by atoms with E-state index in [9.17, 15) is 9.90 Å². The number of nitrogens with two attached hydrogens (primary N) is 1. The molecule has 0 bridgehead atoms. The summed E-state index contributed by atoms with van der Waals surface area (Å²) in [7, 11) is 0. The predicted octanol–water partition coefficient (Wildman–Crippen LogP) is 2.01. The van der Waals surface area contributed by atoms with Crippen molar-refractivity contribution in [3.8, 4) is 0 Å². The molecule has 0 spiro atoms. The first-order valence-corrected chi connectivity index (χ1v) is 7.29. The zero-order valence-corrected chi connectivity index (χ0v) is 11.5. The minimum absolute atomic E-state index is 0.263. The number of nitrogens with zero attached hydrogens (tertiary/aromatic N) is 1. The Balaban J connectivity index is 1.83. The van der Waals surface area contributed by atoms with Gasteiger partial charge in [-0.25, -0.2) is 4.79 Å². The summed E-state index contributed by atoms with van der Waals surface area (Å²) in [5.74, 6) is -0.932. The number of anilines is 2. The molecule has 0 saturated carbocycles. The Morgan fingerprint density at radius 1 is 1.30 bits per heavy atom. The normalized spacial score (nSPS) is 26.2. The number of fused-ring (bicyclic) bond motifs is 1. The Labute approximate surface area is 118 Å². The molecule has 0 aromatic heterocycles. The third-order valence-electron chi connectivity index (χ3n) is 4.51. The molecular weight excluding hydrogens is 254 g/mol. The number of aromatic carboxylic acids is 1. The Morgan fingerprint density at radius 3 is 2.95 bits per heavy atom. The molecule has 4 N–H and O–H groups in total. The number of piperidine rings is 1. The lowest BCUT2D eigenvalue weighted by Crippen LogP contribution is -2.42. The number of rotatable bonds is 3. The fourth-order valence-corrected chi connectivity index (χ4v) is 3.51.